The summed E-state index contributed by atoms with van der Waals surface area (Å²) >= 11 is 0. The fourth-order valence-electron chi connectivity index (χ4n) is 2.87. The van der Waals surface area contributed by atoms with Crippen LogP contribution in [-0.2, 0) is 24.2 Å². The first kappa shape index (κ1) is 23.8. The molecule has 12 heteroatoms. The maximum atomic E-state index is 14.0. The van der Waals surface area contributed by atoms with E-state index in [1.807, 2.05) is 0 Å². The molecule has 3 rings (SSSR count). The molecule has 0 saturated carbocycles. The van der Waals surface area contributed by atoms with E-state index in [9.17, 15) is 22.4 Å². The molecule has 2 heterocycles. The summed E-state index contributed by atoms with van der Waals surface area (Å²) in [5.74, 6) is -2.94. The number of carbonyl (C=O) groups excluding carboxylic acids is 1. The maximum Gasteiger partial charge on any atom is 0.332 e. The lowest BCUT2D eigenvalue weighted by atomic mass is 10.2. The zero-order valence-corrected chi connectivity index (χ0v) is 18.3. The van der Waals surface area contributed by atoms with Gasteiger partial charge in [-0.2, -0.15) is 5.10 Å². The molecule has 2 aromatic heterocycles. The fourth-order valence-corrected chi connectivity index (χ4v) is 4.21. The quantitative estimate of drug-likeness (QED) is 0.285. The average molecular weight is 474 g/mol. The van der Waals surface area contributed by atoms with Crippen LogP contribution < -0.4 is 5.32 Å². The fraction of sp³-hybridized carbons (Fsp3) is 0.143. The number of halogens is 1. The van der Waals surface area contributed by atoms with Gasteiger partial charge in [0.1, 0.15) is 11.5 Å². The van der Waals surface area contributed by atoms with Crippen LogP contribution in [0, 0.1) is 12.7 Å². The van der Waals surface area contributed by atoms with Crippen LogP contribution in [0.1, 0.15) is 17.5 Å². The Hall–Kier alpha value is -3.90. The maximum absolute atomic E-state index is 14.0. The first-order chi connectivity index (χ1) is 15.6. The van der Waals surface area contributed by atoms with Crippen LogP contribution >= 0.6 is 0 Å². The van der Waals surface area contributed by atoms with Crippen molar-refractivity contribution < 1.29 is 32.2 Å². The van der Waals surface area contributed by atoms with Crippen LogP contribution in [-0.4, -0.2) is 47.3 Å². The normalized spacial score (nSPS) is 12.6. The van der Waals surface area contributed by atoms with Crippen LogP contribution in [0.15, 0.2) is 70.9 Å². The van der Waals surface area contributed by atoms with Gasteiger partial charge in [0.15, 0.2) is 11.3 Å². The standard InChI is InChI=1S/C21H19FN4O6S/c1-13-5-6-14(22)10-17(13)26-18(33(30,31)15-4-3-9-24-12-15)11-16(25-26)21(23-2)32-20(29)8-7-19(27)28/h3-12,21,23H,1-2H3,(H,27,28)/b8-7+. The first-order valence-electron chi connectivity index (χ1n) is 9.44. The summed E-state index contributed by atoms with van der Waals surface area (Å²) in [5.41, 5.74) is 0.687. The molecule has 0 bridgehead atoms. The minimum atomic E-state index is -4.16. The van der Waals surface area contributed by atoms with Gasteiger partial charge in [0.05, 0.1) is 10.6 Å². The number of ether oxygens (including phenoxy) is 1. The van der Waals surface area contributed by atoms with E-state index in [1.165, 1.54) is 43.6 Å². The topological polar surface area (TPSA) is 140 Å². The number of hydrogen-bond acceptors (Lipinski definition) is 8. The van der Waals surface area contributed by atoms with Crippen molar-refractivity contribution in [3.05, 3.63) is 78.0 Å². The number of aliphatic carboxylic acids is 1. The molecule has 3 aromatic rings. The summed E-state index contributed by atoms with van der Waals surface area (Å²) in [6, 6.07) is 7.82. The van der Waals surface area contributed by atoms with E-state index in [0.29, 0.717) is 17.7 Å². The van der Waals surface area contributed by atoms with Gasteiger partial charge in [0.25, 0.3) is 0 Å². The summed E-state index contributed by atoms with van der Waals surface area (Å²) < 4.78 is 46.9. The third-order valence-corrected chi connectivity index (χ3v) is 6.15. The van der Waals surface area contributed by atoms with Gasteiger partial charge in [-0.05, 0) is 43.8 Å². The molecule has 0 saturated heterocycles. The molecule has 0 aliphatic carbocycles. The van der Waals surface area contributed by atoms with Crippen molar-refractivity contribution in [2.75, 3.05) is 7.05 Å². The van der Waals surface area contributed by atoms with Crippen molar-refractivity contribution in [1.29, 1.82) is 0 Å². The number of carboxylic acid groups (broad SMARTS) is 1. The Balaban J connectivity index is 2.15. The van der Waals surface area contributed by atoms with Crippen molar-refractivity contribution in [2.45, 2.75) is 23.1 Å². The van der Waals surface area contributed by atoms with Crippen LogP contribution in [0.3, 0.4) is 0 Å². The minimum Gasteiger partial charge on any atom is -0.478 e. The highest BCUT2D eigenvalue weighted by Crippen LogP contribution is 2.28. The Kier molecular flexibility index (Phi) is 6.99. The smallest absolute Gasteiger partial charge is 0.332 e. The SMILES string of the molecule is CNC(OC(=O)/C=C/C(=O)O)c1cc(S(=O)(=O)c2cccnc2)n(-c2cc(F)ccc2C)n1. The van der Waals surface area contributed by atoms with E-state index in [1.54, 1.807) is 6.92 Å². The largest absolute Gasteiger partial charge is 0.478 e. The van der Waals surface area contributed by atoms with Crippen molar-refractivity contribution >= 4 is 21.8 Å². The van der Waals surface area contributed by atoms with Crippen LogP contribution in [0.25, 0.3) is 5.69 Å². The van der Waals surface area contributed by atoms with E-state index in [0.717, 1.165) is 16.9 Å². The van der Waals surface area contributed by atoms with Crippen molar-refractivity contribution in [3.8, 4) is 5.69 Å². The molecule has 0 aliphatic rings. The van der Waals surface area contributed by atoms with Gasteiger partial charge in [-0.1, -0.05) is 6.07 Å². The predicted octanol–water partition coefficient (Wildman–Crippen LogP) is 1.95. The summed E-state index contributed by atoms with van der Waals surface area (Å²) in [7, 11) is -2.73. The van der Waals surface area contributed by atoms with Gasteiger partial charge in [0.2, 0.25) is 9.84 Å². The number of hydrogen-bond donors (Lipinski definition) is 2. The second kappa shape index (κ2) is 9.71. The molecule has 0 aliphatic heterocycles. The van der Waals surface area contributed by atoms with Gasteiger partial charge < -0.3 is 9.84 Å². The zero-order valence-electron chi connectivity index (χ0n) is 17.5. The van der Waals surface area contributed by atoms with Crippen molar-refractivity contribution in [1.82, 2.24) is 20.1 Å². The Morgan fingerprint density at radius 2 is 2.00 bits per heavy atom. The highest BCUT2D eigenvalue weighted by Gasteiger charge is 2.29. The van der Waals surface area contributed by atoms with Gasteiger partial charge >= 0.3 is 11.9 Å². The molecular weight excluding hydrogens is 455 g/mol. The van der Waals surface area contributed by atoms with E-state index >= 15 is 0 Å². The highest BCUT2D eigenvalue weighted by atomic mass is 32.2. The number of sulfone groups is 1. The third-order valence-electron chi connectivity index (χ3n) is 4.44. The molecule has 1 atom stereocenters. The first-order valence-corrected chi connectivity index (χ1v) is 10.9. The monoisotopic (exact) mass is 474 g/mol. The predicted molar refractivity (Wildman–Crippen MR) is 113 cm³/mol. The van der Waals surface area contributed by atoms with E-state index < -0.39 is 33.8 Å². The number of nitrogens with one attached hydrogen (secondary N) is 1. The molecule has 0 amide bonds. The van der Waals surface area contributed by atoms with Gasteiger partial charge in [-0.15, -0.1) is 0 Å². The Morgan fingerprint density at radius 1 is 1.24 bits per heavy atom. The molecule has 1 unspecified atom stereocenters. The molecule has 0 fully saturated rings. The van der Waals surface area contributed by atoms with Crippen molar-refractivity contribution in [3.63, 3.8) is 0 Å². The Bertz CT molecular complexity index is 1320. The molecule has 33 heavy (non-hydrogen) atoms. The number of benzene rings is 1. The van der Waals surface area contributed by atoms with Crippen molar-refractivity contribution in [2.24, 2.45) is 0 Å². The molecule has 0 spiro atoms. The van der Waals surface area contributed by atoms with Crippen LogP contribution in [0.2, 0.25) is 0 Å². The number of aryl methyl sites for hydroxylation is 1. The molecular formula is C21H19FN4O6S. The number of esters is 1. The lowest BCUT2D eigenvalue weighted by Crippen LogP contribution is -2.23. The lowest BCUT2D eigenvalue weighted by molar-refractivity contribution is -0.145. The van der Waals surface area contributed by atoms with E-state index in [2.05, 4.69) is 15.4 Å². The minimum absolute atomic E-state index is 0.0132. The molecule has 0 radical (unpaired) electrons. The number of carboxylic acids is 1. The molecule has 2 N–H and O–H groups in total. The average Bonchev–Trinajstić information content (AvgIpc) is 3.24. The molecule has 1 aromatic carbocycles. The summed E-state index contributed by atoms with van der Waals surface area (Å²) in [4.78, 5) is 26.3. The number of aromatic nitrogens is 3. The summed E-state index contributed by atoms with van der Waals surface area (Å²) in [6.07, 6.45) is 2.65. The summed E-state index contributed by atoms with van der Waals surface area (Å²) in [5, 5.41) is 15.3. The van der Waals surface area contributed by atoms with Gasteiger partial charge in [-0.25, -0.2) is 27.1 Å². The third kappa shape index (κ3) is 5.30. The number of rotatable bonds is 8. The number of pyridine rings is 1. The van der Waals surface area contributed by atoms with Crippen LogP contribution in [0.4, 0.5) is 4.39 Å². The van der Waals surface area contributed by atoms with Gasteiger partial charge in [-0.3, -0.25) is 10.3 Å². The van der Waals surface area contributed by atoms with Crippen LogP contribution in [0.5, 0.6) is 0 Å². The van der Waals surface area contributed by atoms with Gasteiger partial charge in [0, 0.05) is 30.6 Å². The Morgan fingerprint density at radius 3 is 2.64 bits per heavy atom. The second-order valence-corrected chi connectivity index (χ2v) is 8.62. The second-order valence-electron chi connectivity index (χ2n) is 6.72. The summed E-state index contributed by atoms with van der Waals surface area (Å²) in [6.45, 7) is 1.66. The number of nitrogens with zero attached hydrogens (tertiary/aromatic N) is 3. The molecule has 172 valence electrons. The Labute approximate surface area is 188 Å². The zero-order chi connectivity index (χ0) is 24.2. The lowest BCUT2D eigenvalue weighted by Gasteiger charge is -2.13. The molecule has 10 nitrogen and oxygen atoms in total. The number of carbonyl (C=O) groups is 2. The van der Waals surface area contributed by atoms with E-state index in [4.69, 9.17) is 9.84 Å². The highest BCUT2D eigenvalue weighted by molar-refractivity contribution is 7.91. The van der Waals surface area contributed by atoms with E-state index in [-0.39, 0.29) is 21.3 Å².